The maximum absolute atomic E-state index is 12.1. The zero-order chi connectivity index (χ0) is 15.3. The van der Waals surface area contributed by atoms with E-state index in [2.05, 4.69) is 15.0 Å². The van der Waals surface area contributed by atoms with Crippen molar-refractivity contribution in [1.82, 2.24) is 19.7 Å². The molecule has 0 fully saturated rings. The number of nitrogens with zero attached hydrogens (tertiary/aromatic N) is 3. The molecule has 1 aromatic heterocycles. The predicted octanol–water partition coefficient (Wildman–Crippen LogP) is 0.0319. The van der Waals surface area contributed by atoms with Crippen LogP contribution < -0.4 is 10.5 Å². The van der Waals surface area contributed by atoms with E-state index < -0.39 is 10.0 Å². The number of aromatic nitrogens is 3. The minimum atomic E-state index is -3.47. The van der Waals surface area contributed by atoms with Crippen LogP contribution in [0.25, 0.3) is 0 Å². The number of hydrogen-bond acceptors (Lipinski definition) is 5. The lowest BCUT2D eigenvalue weighted by Crippen LogP contribution is -2.29. The van der Waals surface area contributed by atoms with Gasteiger partial charge in [0.1, 0.15) is 4.99 Å². The van der Waals surface area contributed by atoms with Gasteiger partial charge in [-0.05, 0) is 5.56 Å². The van der Waals surface area contributed by atoms with Crippen LogP contribution in [-0.4, -0.2) is 34.9 Å². The molecule has 112 valence electrons. The molecule has 0 radical (unpaired) electrons. The summed E-state index contributed by atoms with van der Waals surface area (Å²) in [5, 5.41) is 7.40. The largest absolute Gasteiger partial charge is 0.389 e. The van der Waals surface area contributed by atoms with Gasteiger partial charge in [0.25, 0.3) is 0 Å². The molecule has 21 heavy (non-hydrogen) atoms. The molecule has 1 heterocycles. The number of benzene rings is 1. The summed E-state index contributed by atoms with van der Waals surface area (Å²) in [6, 6.07) is 6.93. The number of rotatable bonds is 7. The second-order valence-electron chi connectivity index (χ2n) is 4.34. The van der Waals surface area contributed by atoms with E-state index in [1.807, 2.05) is 0 Å². The van der Waals surface area contributed by atoms with Crippen molar-refractivity contribution in [3.63, 3.8) is 0 Å². The molecular weight excluding hydrogens is 310 g/mol. The molecule has 0 amide bonds. The third-order valence-electron chi connectivity index (χ3n) is 2.76. The molecule has 0 saturated heterocycles. The molecule has 0 aliphatic carbocycles. The van der Waals surface area contributed by atoms with Crippen LogP contribution in [0.3, 0.4) is 0 Å². The first-order valence-corrected chi connectivity index (χ1v) is 8.23. The van der Waals surface area contributed by atoms with Crippen molar-refractivity contribution in [2.24, 2.45) is 5.73 Å². The Hall–Kier alpha value is -1.84. The Morgan fingerprint density at radius 1 is 1.38 bits per heavy atom. The van der Waals surface area contributed by atoms with E-state index in [0.29, 0.717) is 17.7 Å². The zero-order valence-electron chi connectivity index (χ0n) is 11.1. The maximum Gasteiger partial charge on any atom is 0.215 e. The predicted molar refractivity (Wildman–Crippen MR) is 83.0 cm³/mol. The van der Waals surface area contributed by atoms with E-state index in [4.69, 9.17) is 18.0 Å². The first kappa shape index (κ1) is 15.5. The van der Waals surface area contributed by atoms with Crippen molar-refractivity contribution in [2.75, 3.05) is 6.54 Å². The van der Waals surface area contributed by atoms with Gasteiger partial charge in [-0.2, -0.15) is 0 Å². The summed E-state index contributed by atoms with van der Waals surface area (Å²) in [7, 11) is -3.47. The summed E-state index contributed by atoms with van der Waals surface area (Å²) in [5.74, 6) is -0.169. The fourth-order valence-electron chi connectivity index (χ4n) is 1.81. The lowest BCUT2D eigenvalue weighted by Gasteiger charge is -2.10. The van der Waals surface area contributed by atoms with Gasteiger partial charge in [-0.25, -0.2) is 13.1 Å². The third-order valence-corrected chi connectivity index (χ3v) is 4.32. The molecule has 7 nitrogen and oxygen atoms in total. The Balaban J connectivity index is 1.99. The van der Waals surface area contributed by atoms with Gasteiger partial charge in [0.2, 0.25) is 10.0 Å². The lowest BCUT2D eigenvalue weighted by atomic mass is 10.1. The van der Waals surface area contributed by atoms with Crippen LogP contribution in [0.4, 0.5) is 0 Å². The Morgan fingerprint density at radius 3 is 2.81 bits per heavy atom. The summed E-state index contributed by atoms with van der Waals surface area (Å²) in [5.41, 5.74) is 6.76. The van der Waals surface area contributed by atoms with E-state index in [-0.39, 0.29) is 17.3 Å². The molecule has 0 spiro atoms. The molecule has 0 bridgehead atoms. The van der Waals surface area contributed by atoms with E-state index in [0.717, 1.165) is 0 Å². The zero-order valence-corrected chi connectivity index (χ0v) is 12.8. The highest BCUT2D eigenvalue weighted by atomic mass is 32.2. The smallest absolute Gasteiger partial charge is 0.215 e. The first-order chi connectivity index (χ1) is 9.98. The third kappa shape index (κ3) is 4.59. The van der Waals surface area contributed by atoms with Gasteiger partial charge in [0, 0.05) is 18.3 Å². The Kier molecular flexibility index (Phi) is 4.99. The molecule has 2 aromatic rings. The van der Waals surface area contributed by atoms with Crippen LogP contribution in [0.5, 0.6) is 0 Å². The van der Waals surface area contributed by atoms with Gasteiger partial charge in [0.05, 0.1) is 18.5 Å². The highest BCUT2D eigenvalue weighted by Gasteiger charge is 2.14. The fourth-order valence-corrected chi connectivity index (χ4v) is 3.17. The molecule has 1 aromatic carbocycles. The summed E-state index contributed by atoms with van der Waals surface area (Å²) in [6.45, 7) is 0.650. The van der Waals surface area contributed by atoms with Crippen LogP contribution >= 0.6 is 12.2 Å². The fraction of sp³-hybridized carbons (Fsp3) is 0.250. The molecule has 0 atom stereocenters. The Bertz CT molecular complexity index is 713. The topological polar surface area (TPSA) is 103 Å². The first-order valence-electron chi connectivity index (χ1n) is 6.17. The second-order valence-corrected chi connectivity index (χ2v) is 6.59. The molecule has 2 rings (SSSR count). The van der Waals surface area contributed by atoms with Gasteiger partial charge in [-0.3, -0.25) is 4.68 Å². The normalized spacial score (nSPS) is 11.4. The van der Waals surface area contributed by atoms with E-state index >= 15 is 0 Å². The highest BCUT2D eigenvalue weighted by Crippen LogP contribution is 2.12. The van der Waals surface area contributed by atoms with Gasteiger partial charge in [-0.1, -0.05) is 41.7 Å². The van der Waals surface area contributed by atoms with Gasteiger partial charge < -0.3 is 5.73 Å². The van der Waals surface area contributed by atoms with Gasteiger partial charge in [0.15, 0.2) is 0 Å². The summed E-state index contributed by atoms with van der Waals surface area (Å²) < 4.78 is 28.2. The highest BCUT2D eigenvalue weighted by molar-refractivity contribution is 7.88. The molecule has 0 aliphatic rings. The van der Waals surface area contributed by atoms with Gasteiger partial charge >= 0.3 is 0 Å². The monoisotopic (exact) mass is 325 g/mol. The van der Waals surface area contributed by atoms with Crippen LogP contribution in [0.2, 0.25) is 0 Å². The summed E-state index contributed by atoms with van der Waals surface area (Å²) in [6.07, 6.45) is 3.20. The lowest BCUT2D eigenvalue weighted by molar-refractivity contribution is 0.552. The molecule has 0 unspecified atom stereocenters. The Morgan fingerprint density at radius 2 is 2.14 bits per heavy atom. The molecule has 9 heteroatoms. The number of hydrogen-bond donors (Lipinski definition) is 2. The Labute approximate surface area is 128 Å². The van der Waals surface area contributed by atoms with Crippen molar-refractivity contribution >= 4 is 27.2 Å². The van der Waals surface area contributed by atoms with Crippen molar-refractivity contribution < 1.29 is 8.42 Å². The van der Waals surface area contributed by atoms with Crippen LogP contribution in [0.1, 0.15) is 11.1 Å². The van der Waals surface area contributed by atoms with Crippen LogP contribution in [-0.2, 0) is 22.3 Å². The summed E-state index contributed by atoms with van der Waals surface area (Å²) >= 11 is 4.92. The van der Waals surface area contributed by atoms with Gasteiger partial charge in [-0.15, -0.1) is 5.10 Å². The quantitative estimate of drug-likeness (QED) is 0.696. The average molecular weight is 325 g/mol. The summed E-state index contributed by atoms with van der Waals surface area (Å²) in [4.78, 5) is 0.184. The molecular formula is C12H15N5O2S2. The molecule has 0 aliphatic heterocycles. The second kappa shape index (κ2) is 6.74. The standard InChI is InChI=1S/C12H15N5O2S2/c13-12(20)11-4-2-1-3-10(11)9-21(18,19)15-6-8-17-7-5-14-16-17/h1-5,7,15H,6,8-9H2,(H2,13,20). The van der Waals surface area contributed by atoms with E-state index in [1.165, 1.54) is 6.20 Å². The van der Waals surface area contributed by atoms with Crippen molar-refractivity contribution in [3.8, 4) is 0 Å². The maximum atomic E-state index is 12.1. The number of nitrogens with two attached hydrogens (primary N) is 1. The van der Waals surface area contributed by atoms with E-state index in [9.17, 15) is 8.42 Å². The van der Waals surface area contributed by atoms with Crippen LogP contribution in [0, 0.1) is 0 Å². The minimum Gasteiger partial charge on any atom is -0.389 e. The van der Waals surface area contributed by atoms with Crippen molar-refractivity contribution in [2.45, 2.75) is 12.3 Å². The molecule has 3 N–H and O–H groups in total. The molecule has 0 saturated carbocycles. The number of thiocarbonyl (C=S) groups is 1. The van der Waals surface area contributed by atoms with Crippen molar-refractivity contribution in [3.05, 3.63) is 47.8 Å². The average Bonchev–Trinajstić information content (AvgIpc) is 2.91. The number of nitrogens with one attached hydrogen (secondary N) is 1. The van der Waals surface area contributed by atoms with E-state index in [1.54, 1.807) is 35.1 Å². The SMILES string of the molecule is NC(=S)c1ccccc1CS(=O)(=O)NCCn1ccnn1. The van der Waals surface area contributed by atoms with Crippen LogP contribution in [0.15, 0.2) is 36.7 Å². The van der Waals surface area contributed by atoms with Crippen molar-refractivity contribution in [1.29, 1.82) is 0 Å². The number of sulfonamides is 1. The minimum absolute atomic E-state index is 0.169.